The molecule has 2 N–H and O–H groups in total. The number of carbonyl (C=O) groups is 1. The minimum Gasteiger partial charge on any atom is -0.496 e. The lowest BCUT2D eigenvalue weighted by atomic mass is 9.95. The highest BCUT2D eigenvalue weighted by Gasteiger charge is 2.31. The van der Waals surface area contributed by atoms with E-state index in [0.717, 1.165) is 11.1 Å². The van der Waals surface area contributed by atoms with Crippen LogP contribution in [0.25, 0.3) is 0 Å². The number of amides is 2. The number of β-amino-alcohol motifs (C(OH)–C–C–N with tert-alkyl or cyclic N) is 1. The molecule has 132 valence electrons. The number of aliphatic hydroxyl groups excluding tert-OH is 1. The van der Waals surface area contributed by atoms with Crippen molar-refractivity contribution in [2.24, 2.45) is 0 Å². The first kappa shape index (κ1) is 17.1. The van der Waals surface area contributed by atoms with E-state index in [1.54, 1.807) is 31.3 Å². The largest absolute Gasteiger partial charge is 0.496 e. The van der Waals surface area contributed by atoms with Crippen LogP contribution in [0.1, 0.15) is 22.8 Å². The van der Waals surface area contributed by atoms with Crippen molar-refractivity contribution in [2.45, 2.75) is 19.2 Å². The molecule has 0 aromatic heterocycles. The molecule has 6 heteroatoms. The Labute approximate surface area is 147 Å². The average molecular weight is 342 g/mol. The van der Waals surface area contributed by atoms with Crippen molar-refractivity contribution < 1.29 is 19.4 Å². The summed E-state index contributed by atoms with van der Waals surface area (Å²) in [5, 5.41) is 13.4. The summed E-state index contributed by atoms with van der Waals surface area (Å²) in [6.07, 6.45) is -0.823. The van der Waals surface area contributed by atoms with E-state index in [1.807, 2.05) is 30.3 Å². The molecule has 1 aliphatic rings. The molecule has 25 heavy (non-hydrogen) atoms. The average Bonchev–Trinajstić information content (AvgIpc) is 2.65. The number of aliphatic hydroxyl groups is 1. The summed E-state index contributed by atoms with van der Waals surface area (Å²) in [6, 6.07) is 13.0. The lowest BCUT2D eigenvalue weighted by Crippen LogP contribution is -2.44. The zero-order chi connectivity index (χ0) is 17.8. The molecule has 1 heterocycles. The Morgan fingerprint density at radius 3 is 2.52 bits per heavy atom. The number of hydrogen-bond donors (Lipinski definition) is 2. The van der Waals surface area contributed by atoms with Crippen LogP contribution in [-0.2, 0) is 13.1 Å². The monoisotopic (exact) mass is 342 g/mol. The third-order valence-electron chi connectivity index (χ3n) is 4.36. The van der Waals surface area contributed by atoms with Gasteiger partial charge in [-0.3, -0.25) is 0 Å². The number of methoxy groups -OCH3 is 2. The van der Waals surface area contributed by atoms with Gasteiger partial charge < -0.3 is 24.8 Å². The number of nitrogens with one attached hydrogen (secondary N) is 1. The Balaban J connectivity index is 1.77. The van der Waals surface area contributed by atoms with Crippen molar-refractivity contribution >= 4 is 6.03 Å². The molecule has 0 fully saturated rings. The van der Waals surface area contributed by atoms with Gasteiger partial charge in [-0.05, 0) is 17.7 Å². The SMILES string of the molecule is COc1ccc(OC)c2c1CN(C(=O)NCc1ccccc1)C[C@@H]2O. The van der Waals surface area contributed by atoms with Crippen LogP contribution >= 0.6 is 0 Å². The zero-order valence-corrected chi connectivity index (χ0v) is 14.4. The van der Waals surface area contributed by atoms with Gasteiger partial charge in [0.25, 0.3) is 0 Å². The Morgan fingerprint density at radius 1 is 1.16 bits per heavy atom. The molecule has 0 bridgehead atoms. The molecule has 1 aliphatic heterocycles. The van der Waals surface area contributed by atoms with E-state index in [2.05, 4.69) is 5.32 Å². The number of nitrogens with zero attached hydrogens (tertiary/aromatic N) is 1. The molecule has 0 saturated carbocycles. The first-order valence-corrected chi connectivity index (χ1v) is 8.12. The first-order chi connectivity index (χ1) is 12.1. The van der Waals surface area contributed by atoms with Gasteiger partial charge in [-0.15, -0.1) is 0 Å². The number of hydrogen-bond acceptors (Lipinski definition) is 4. The molecule has 0 aliphatic carbocycles. The quantitative estimate of drug-likeness (QED) is 0.895. The second-order valence-electron chi connectivity index (χ2n) is 5.90. The number of benzene rings is 2. The summed E-state index contributed by atoms with van der Waals surface area (Å²) in [7, 11) is 3.14. The van der Waals surface area contributed by atoms with E-state index >= 15 is 0 Å². The van der Waals surface area contributed by atoms with Crippen LogP contribution in [-0.4, -0.2) is 36.8 Å². The highest BCUT2D eigenvalue weighted by Crippen LogP contribution is 2.39. The lowest BCUT2D eigenvalue weighted by Gasteiger charge is -2.34. The molecule has 0 spiro atoms. The maximum atomic E-state index is 12.5. The van der Waals surface area contributed by atoms with Gasteiger partial charge in [0.05, 0.1) is 27.3 Å². The molecule has 2 amide bonds. The molecule has 2 aromatic carbocycles. The Kier molecular flexibility index (Phi) is 5.09. The summed E-state index contributed by atoms with van der Waals surface area (Å²) >= 11 is 0. The van der Waals surface area contributed by atoms with Crippen molar-refractivity contribution in [3.63, 3.8) is 0 Å². The summed E-state index contributed by atoms with van der Waals surface area (Å²) in [5.41, 5.74) is 2.48. The van der Waals surface area contributed by atoms with Gasteiger partial charge in [-0.1, -0.05) is 30.3 Å². The maximum absolute atomic E-state index is 12.5. The second kappa shape index (κ2) is 7.44. The van der Waals surface area contributed by atoms with Crippen LogP contribution in [0.5, 0.6) is 11.5 Å². The van der Waals surface area contributed by atoms with Crippen LogP contribution in [0, 0.1) is 0 Å². The summed E-state index contributed by atoms with van der Waals surface area (Å²) in [4.78, 5) is 14.1. The van der Waals surface area contributed by atoms with Crippen LogP contribution in [0.15, 0.2) is 42.5 Å². The minimum absolute atomic E-state index is 0.206. The van der Waals surface area contributed by atoms with Crippen LogP contribution in [0.4, 0.5) is 4.79 Å². The molecule has 0 saturated heterocycles. The van der Waals surface area contributed by atoms with Crippen molar-refractivity contribution in [1.29, 1.82) is 0 Å². The summed E-state index contributed by atoms with van der Waals surface area (Å²) < 4.78 is 10.7. The van der Waals surface area contributed by atoms with Crippen LogP contribution < -0.4 is 14.8 Å². The summed E-state index contributed by atoms with van der Waals surface area (Å²) in [5.74, 6) is 1.24. The smallest absolute Gasteiger partial charge is 0.318 e. The first-order valence-electron chi connectivity index (χ1n) is 8.12. The minimum atomic E-state index is -0.823. The third-order valence-corrected chi connectivity index (χ3v) is 4.36. The second-order valence-corrected chi connectivity index (χ2v) is 5.90. The number of urea groups is 1. The highest BCUT2D eigenvalue weighted by molar-refractivity contribution is 5.75. The molecule has 0 radical (unpaired) electrons. The number of carbonyl (C=O) groups excluding carboxylic acids is 1. The van der Waals surface area contributed by atoms with Crippen LogP contribution in [0.3, 0.4) is 0 Å². The van der Waals surface area contributed by atoms with Crippen molar-refractivity contribution in [2.75, 3.05) is 20.8 Å². The number of ether oxygens (including phenoxy) is 2. The normalized spacial score (nSPS) is 16.1. The van der Waals surface area contributed by atoms with E-state index in [4.69, 9.17) is 9.47 Å². The molecular formula is C19H22N2O4. The number of rotatable bonds is 4. The fourth-order valence-corrected chi connectivity index (χ4v) is 3.12. The van der Waals surface area contributed by atoms with Gasteiger partial charge in [0.1, 0.15) is 17.6 Å². The zero-order valence-electron chi connectivity index (χ0n) is 14.4. The van der Waals surface area contributed by atoms with Crippen molar-refractivity contribution in [3.8, 4) is 11.5 Å². The van der Waals surface area contributed by atoms with Gasteiger partial charge >= 0.3 is 6.03 Å². The van der Waals surface area contributed by atoms with Crippen LogP contribution in [0.2, 0.25) is 0 Å². The lowest BCUT2D eigenvalue weighted by molar-refractivity contribution is 0.100. The predicted octanol–water partition coefficient (Wildman–Crippen LogP) is 2.46. The third kappa shape index (κ3) is 3.53. The number of fused-ring (bicyclic) bond motifs is 1. The predicted molar refractivity (Wildman–Crippen MR) is 93.6 cm³/mol. The van der Waals surface area contributed by atoms with Gasteiger partial charge in [0, 0.05) is 17.7 Å². The van der Waals surface area contributed by atoms with Gasteiger partial charge in [-0.2, -0.15) is 0 Å². The van der Waals surface area contributed by atoms with Gasteiger partial charge in [0.15, 0.2) is 0 Å². The van der Waals surface area contributed by atoms with E-state index in [1.165, 1.54) is 0 Å². The molecule has 6 nitrogen and oxygen atoms in total. The van der Waals surface area contributed by atoms with Crippen molar-refractivity contribution in [1.82, 2.24) is 10.2 Å². The van der Waals surface area contributed by atoms with E-state index in [-0.39, 0.29) is 12.6 Å². The molecule has 0 unspecified atom stereocenters. The Hall–Kier alpha value is -2.73. The molecule has 2 aromatic rings. The standard InChI is InChI=1S/C19H22N2O4/c1-24-16-8-9-17(25-2)18-14(16)11-21(12-15(18)22)19(23)20-10-13-6-4-3-5-7-13/h3-9,15,22H,10-12H2,1-2H3,(H,20,23)/t15-/m0/s1. The van der Waals surface area contributed by atoms with Gasteiger partial charge in [-0.25, -0.2) is 4.79 Å². The fraction of sp³-hybridized carbons (Fsp3) is 0.316. The van der Waals surface area contributed by atoms with E-state index in [0.29, 0.717) is 30.2 Å². The molecule has 1 atom stereocenters. The van der Waals surface area contributed by atoms with E-state index < -0.39 is 6.10 Å². The Morgan fingerprint density at radius 2 is 1.84 bits per heavy atom. The molecular weight excluding hydrogens is 320 g/mol. The Bertz CT molecular complexity index is 749. The van der Waals surface area contributed by atoms with E-state index in [9.17, 15) is 9.90 Å². The maximum Gasteiger partial charge on any atom is 0.318 e. The molecule has 3 rings (SSSR count). The summed E-state index contributed by atoms with van der Waals surface area (Å²) in [6.45, 7) is 0.999. The fourth-order valence-electron chi connectivity index (χ4n) is 3.12. The highest BCUT2D eigenvalue weighted by atomic mass is 16.5. The topological polar surface area (TPSA) is 71.0 Å². The van der Waals surface area contributed by atoms with Crippen molar-refractivity contribution in [3.05, 3.63) is 59.2 Å². The van der Waals surface area contributed by atoms with Gasteiger partial charge in [0.2, 0.25) is 0 Å².